The van der Waals surface area contributed by atoms with Crippen molar-refractivity contribution >= 4 is 35.8 Å². The highest BCUT2D eigenvalue weighted by atomic mass is 127. The number of guanidine groups is 1. The topological polar surface area (TPSA) is 65.5 Å². The number of aliphatic imine (C=N–C) groups is 1. The van der Waals surface area contributed by atoms with Crippen LogP contribution in [-0.2, 0) is 13.1 Å². The summed E-state index contributed by atoms with van der Waals surface area (Å²) in [6.45, 7) is 8.04. The molecule has 3 N–H and O–H groups in total. The molecule has 0 aliphatic carbocycles. The van der Waals surface area contributed by atoms with Crippen LogP contribution in [0.2, 0.25) is 0 Å². The van der Waals surface area contributed by atoms with Crippen LogP contribution in [0.3, 0.4) is 0 Å². The van der Waals surface area contributed by atoms with E-state index in [-0.39, 0.29) is 35.7 Å². The minimum atomic E-state index is -0.209. The molecule has 7 heteroatoms. The Balaban J connectivity index is 0.00000420. The zero-order chi connectivity index (χ0) is 20.4. The Kier molecular flexibility index (Phi) is 11.3. The zero-order valence-electron chi connectivity index (χ0n) is 17.2. The quantitative estimate of drug-likeness (QED) is 0.283. The third kappa shape index (κ3) is 8.39. The molecular weight excluding hydrogens is 482 g/mol. The van der Waals surface area contributed by atoms with Crippen LogP contribution in [0.4, 0.5) is 4.39 Å². The molecule has 2 aromatic rings. The van der Waals surface area contributed by atoms with E-state index in [0.29, 0.717) is 43.3 Å². The molecule has 158 valence electrons. The van der Waals surface area contributed by atoms with Crippen LogP contribution in [0, 0.1) is 12.7 Å². The van der Waals surface area contributed by atoms with Crippen molar-refractivity contribution < 1.29 is 9.18 Å². The minimum absolute atomic E-state index is 0. The van der Waals surface area contributed by atoms with Crippen LogP contribution in [0.1, 0.15) is 47.3 Å². The van der Waals surface area contributed by atoms with Gasteiger partial charge in [-0.2, -0.15) is 0 Å². The molecule has 29 heavy (non-hydrogen) atoms. The highest BCUT2D eigenvalue weighted by Gasteiger charge is 2.06. The van der Waals surface area contributed by atoms with Gasteiger partial charge in [0.2, 0.25) is 0 Å². The first-order chi connectivity index (χ1) is 13.5. The van der Waals surface area contributed by atoms with Crippen LogP contribution in [0.25, 0.3) is 0 Å². The number of benzene rings is 2. The highest BCUT2D eigenvalue weighted by Crippen LogP contribution is 2.09. The van der Waals surface area contributed by atoms with Gasteiger partial charge < -0.3 is 16.0 Å². The molecule has 0 bridgehead atoms. The number of halogens is 2. The number of aryl methyl sites for hydroxylation is 1. The second kappa shape index (κ2) is 13.1. The smallest absolute Gasteiger partial charge is 0.251 e. The molecule has 2 aromatic carbocycles. The number of rotatable bonds is 8. The van der Waals surface area contributed by atoms with Crippen molar-refractivity contribution in [2.24, 2.45) is 4.99 Å². The second-order valence-corrected chi connectivity index (χ2v) is 6.59. The van der Waals surface area contributed by atoms with Crippen LogP contribution in [0.5, 0.6) is 0 Å². The average molecular weight is 512 g/mol. The van der Waals surface area contributed by atoms with Gasteiger partial charge in [-0.05, 0) is 55.2 Å². The molecule has 0 radical (unpaired) electrons. The number of hydrogen-bond acceptors (Lipinski definition) is 2. The summed E-state index contributed by atoms with van der Waals surface area (Å²) in [5, 5.41) is 9.27. The van der Waals surface area contributed by atoms with Crippen molar-refractivity contribution in [3.8, 4) is 0 Å². The molecule has 0 spiro atoms. The largest absolute Gasteiger partial charge is 0.357 e. The number of nitrogens with zero attached hydrogens (tertiary/aromatic N) is 1. The van der Waals surface area contributed by atoms with Crippen LogP contribution in [0.15, 0.2) is 47.5 Å². The molecule has 2 rings (SSSR count). The van der Waals surface area contributed by atoms with Crippen molar-refractivity contribution in [2.45, 2.75) is 40.3 Å². The van der Waals surface area contributed by atoms with Crippen LogP contribution >= 0.6 is 24.0 Å². The third-order valence-corrected chi connectivity index (χ3v) is 4.18. The maximum atomic E-state index is 13.7. The Morgan fingerprint density at radius 2 is 1.83 bits per heavy atom. The van der Waals surface area contributed by atoms with E-state index < -0.39 is 0 Å². The predicted octanol–water partition coefficient (Wildman–Crippen LogP) is 4.15. The summed E-state index contributed by atoms with van der Waals surface area (Å²) in [7, 11) is 0. The summed E-state index contributed by atoms with van der Waals surface area (Å²) in [4.78, 5) is 16.7. The van der Waals surface area contributed by atoms with Crippen LogP contribution < -0.4 is 16.0 Å². The molecule has 1 amide bonds. The average Bonchev–Trinajstić information content (AvgIpc) is 2.71. The van der Waals surface area contributed by atoms with E-state index in [1.807, 2.05) is 38.1 Å². The lowest BCUT2D eigenvalue weighted by molar-refractivity contribution is 0.0953. The van der Waals surface area contributed by atoms with E-state index in [9.17, 15) is 9.18 Å². The molecular formula is C22H30FIN4O. The first-order valence-corrected chi connectivity index (χ1v) is 9.67. The zero-order valence-corrected chi connectivity index (χ0v) is 19.5. The maximum Gasteiger partial charge on any atom is 0.251 e. The van der Waals surface area contributed by atoms with Gasteiger partial charge in [0.15, 0.2) is 5.96 Å². The predicted molar refractivity (Wildman–Crippen MR) is 127 cm³/mol. The van der Waals surface area contributed by atoms with E-state index in [4.69, 9.17) is 0 Å². The fourth-order valence-corrected chi connectivity index (χ4v) is 2.60. The Labute approximate surface area is 189 Å². The van der Waals surface area contributed by atoms with E-state index in [1.165, 1.54) is 6.07 Å². The number of nitrogens with one attached hydrogen (secondary N) is 3. The van der Waals surface area contributed by atoms with Crippen molar-refractivity contribution in [3.05, 3.63) is 70.5 Å². The number of amides is 1. The summed E-state index contributed by atoms with van der Waals surface area (Å²) < 4.78 is 13.7. The van der Waals surface area contributed by atoms with E-state index in [0.717, 1.165) is 17.5 Å². The van der Waals surface area contributed by atoms with Gasteiger partial charge in [-0.3, -0.25) is 4.79 Å². The molecule has 0 atom stereocenters. The summed E-state index contributed by atoms with van der Waals surface area (Å²) in [6, 6.07) is 12.7. The molecule has 0 fully saturated rings. The van der Waals surface area contributed by atoms with E-state index in [2.05, 4.69) is 20.9 Å². The Morgan fingerprint density at radius 3 is 2.52 bits per heavy atom. The van der Waals surface area contributed by atoms with Gasteiger partial charge in [0.05, 0.1) is 6.54 Å². The first kappa shape index (κ1) is 24.9. The molecule has 0 saturated heterocycles. The van der Waals surface area contributed by atoms with Gasteiger partial charge in [-0.1, -0.05) is 31.2 Å². The van der Waals surface area contributed by atoms with Crippen molar-refractivity contribution in [2.75, 3.05) is 13.1 Å². The standard InChI is InChI=1S/C22H29FN4O.HI/c1-4-11-25-21(28)19-8-6-7-17(12-19)14-26-22(24-5-2)27-15-18-10-9-16(3)20(23)13-18;/h6-10,12-13H,4-5,11,14-15H2,1-3H3,(H,25,28)(H2,24,26,27);1H. The molecule has 5 nitrogen and oxygen atoms in total. The minimum Gasteiger partial charge on any atom is -0.357 e. The van der Waals surface area contributed by atoms with Gasteiger partial charge in [-0.15, -0.1) is 24.0 Å². The molecule has 0 aliphatic heterocycles. The number of carbonyl (C=O) groups excluding carboxylic acids is 1. The highest BCUT2D eigenvalue weighted by molar-refractivity contribution is 14.0. The summed E-state index contributed by atoms with van der Waals surface area (Å²) in [6.07, 6.45) is 0.901. The lowest BCUT2D eigenvalue weighted by Gasteiger charge is -2.12. The lowest BCUT2D eigenvalue weighted by atomic mass is 10.1. The Morgan fingerprint density at radius 1 is 1.03 bits per heavy atom. The summed E-state index contributed by atoms with van der Waals surface area (Å²) >= 11 is 0. The molecule has 0 saturated carbocycles. The third-order valence-electron chi connectivity index (χ3n) is 4.18. The van der Waals surface area contributed by atoms with E-state index in [1.54, 1.807) is 19.1 Å². The van der Waals surface area contributed by atoms with Crippen molar-refractivity contribution in [3.63, 3.8) is 0 Å². The van der Waals surface area contributed by atoms with Gasteiger partial charge in [0.1, 0.15) is 5.82 Å². The molecule has 0 heterocycles. The van der Waals surface area contributed by atoms with Crippen molar-refractivity contribution in [1.82, 2.24) is 16.0 Å². The molecule has 0 aliphatic rings. The van der Waals surface area contributed by atoms with Gasteiger partial charge >= 0.3 is 0 Å². The first-order valence-electron chi connectivity index (χ1n) is 9.67. The molecule has 0 unspecified atom stereocenters. The monoisotopic (exact) mass is 512 g/mol. The van der Waals surface area contributed by atoms with Gasteiger partial charge in [0, 0.05) is 25.2 Å². The van der Waals surface area contributed by atoms with Crippen LogP contribution in [-0.4, -0.2) is 25.0 Å². The lowest BCUT2D eigenvalue weighted by Crippen LogP contribution is -2.36. The number of carbonyl (C=O) groups is 1. The van der Waals surface area contributed by atoms with Gasteiger partial charge in [-0.25, -0.2) is 9.38 Å². The fraction of sp³-hybridized carbons (Fsp3) is 0.364. The molecule has 0 aromatic heterocycles. The van der Waals surface area contributed by atoms with Crippen molar-refractivity contribution in [1.29, 1.82) is 0 Å². The van der Waals surface area contributed by atoms with E-state index >= 15 is 0 Å². The Hall–Kier alpha value is -2.16. The SMILES string of the molecule is CCCNC(=O)c1cccc(CN=C(NCC)NCc2ccc(C)c(F)c2)c1.I. The number of hydrogen-bond donors (Lipinski definition) is 3. The Bertz CT molecular complexity index is 826. The van der Waals surface area contributed by atoms with Gasteiger partial charge in [0.25, 0.3) is 5.91 Å². The maximum absolute atomic E-state index is 13.7. The summed E-state index contributed by atoms with van der Waals surface area (Å²) in [5.74, 6) is 0.364. The second-order valence-electron chi connectivity index (χ2n) is 6.59. The normalized spacial score (nSPS) is 10.8. The fourth-order valence-electron chi connectivity index (χ4n) is 2.60. The summed E-state index contributed by atoms with van der Waals surface area (Å²) in [5.41, 5.74) is 3.06.